The maximum atomic E-state index is 12.8. The summed E-state index contributed by atoms with van der Waals surface area (Å²) in [7, 11) is 0. The van der Waals surface area contributed by atoms with Gasteiger partial charge in [0.1, 0.15) is 6.04 Å². The first-order chi connectivity index (χ1) is 13.0. The minimum Gasteiger partial charge on any atom is -0.355 e. The Labute approximate surface area is 162 Å². The zero-order chi connectivity index (χ0) is 19.8. The molecule has 7 nitrogen and oxygen atoms in total. The molecule has 0 fully saturated rings. The monoisotopic (exact) mass is 390 g/mol. The number of benzene rings is 1. The van der Waals surface area contributed by atoms with Gasteiger partial charge in [0.05, 0.1) is 16.7 Å². The zero-order valence-electron chi connectivity index (χ0n) is 15.9. The molecule has 0 aliphatic carbocycles. The summed E-state index contributed by atoms with van der Waals surface area (Å²) >= 11 is 1.21. The maximum absolute atomic E-state index is 12.8. The molecule has 1 heterocycles. The van der Waals surface area contributed by atoms with Gasteiger partial charge in [0.15, 0.2) is 5.16 Å². The molecular weight excluding hydrogens is 364 g/mol. The molecule has 0 saturated carbocycles. The number of fused-ring (bicyclic) bond motifs is 1. The van der Waals surface area contributed by atoms with E-state index in [1.165, 1.54) is 11.8 Å². The summed E-state index contributed by atoms with van der Waals surface area (Å²) in [6.07, 6.45) is 1.81. The topological polar surface area (TPSA) is 93.1 Å². The normalized spacial score (nSPS) is 12.0. The highest BCUT2D eigenvalue weighted by atomic mass is 32.2. The van der Waals surface area contributed by atoms with Crippen LogP contribution in [0.15, 0.2) is 34.2 Å². The molecule has 2 aromatic rings. The highest BCUT2D eigenvalue weighted by Gasteiger charge is 2.17. The van der Waals surface area contributed by atoms with Gasteiger partial charge in [-0.05, 0) is 32.4 Å². The molecule has 2 rings (SSSR count). The van der Waals surface area contributed by atoms with E-state index >= 15 is 0 Å². The minimum atomic E-state index is -0.607. The van der Waals surface area contributed by atoms with E-state index in [4.69, 9.17) is 0 Å². The second-order valence-corrected chi connectivity index (χ2v) is 7.14. The van der Waals surface area contributed by atoms with Crippen LogP contribution in [0.25, 0.3) is 10.9 Å². The lowest BCUT2D eigenvalue weighted by molar-refractivity contribution is -0.127. The minimum absolute atomic E-state index is 0.0840. The van der Waals surface area contributed by atoms with Crippen molar-refractivity contribution in [3.05, 3.63) is 34.6 Å². The van der Waals surface area contributed by atoms with Crippen molar-refractivity contribution >= 4 is 34.5 Å². The molecule has 146 valence electrons. The number of nitrogens with one attached hydrogen (secondary N) is 2. The molecule has 0 radical (unpaired) electrons. The number of carbonyl (C=O) groups is 2. The Bertz CT molecular complexity index is 866. The number of hydrogen-bond acceptors (Lipinski definition) is 5. The fraction of sp³-hybridized carbons (Fsp3) is 0.474. The smallest absolute Gasteiger partial charge is 0.262 e. The summed E-state index contributed by atoms with van der Waals surface area (Å²) in [4.78, 5) is 41.3. The van der Waals surface area contributed by atoms with Crippen molar-refractivity contribution < 1.29 is 9.59 Å². The predicted octanol–water partition coefficient (Wildman–Crippen LogP) is 1.93. The molecule has 0 unspecified atom stereocenters. The van der Waals surface area contributed by atoms with Crippen molar-refractivity contribution in [2.45, 2.75) is 51.4 Å². The van der Waals surface area contributed by atoms with Gasteiger partial charge in [0.25, 0.3) is 5.56 Å². The summed E-state index contributed by atoms with van der Waals surface area (Å²) in [5, 5.41) is 6.43. The largest absolute Gasteiger partial charge is 0.355 e. The van der Waals surface area contributed by atoms with Gasteiger partial charge < -0.3 is 10.6 Å². The Hall–Kier alpha value is -2.35. The van der Waals surface area contributed by atoms with Crippen LogP contribution in [0.2, 0.25) is 0 Å². The van der Waals surface area contributed by atoms with E-state index in [0.717, 1.165) is 12.8 Å². The van der Waals surface area contributed by atoms with Crippen LogP contribution >= 0.6 is 11.8 Å². The molecule has 1 aromatic heterocycles. The standard InChI is InChI=1S/C19H26N4O3S/c1-4-6-11-23-18(26)14-9-7-8-10-15(14)22-19(23)27-12-16(24)21-13(3)17(25)20-5-2/h7-10,13H,4-6,11-12H2,1-3H3,(H,20,25)(H,21,24)/t13-/m1/s1. The molecular formula is C19H26N4O3S. The van der Waals surface area contributed by atoms with E-state index in [-0.39, 0.29) is 23.1 Å². The van der Waals surface area contributed by atoms with Crippen LogP contribution < -0.4 is 16.2 Å². The van der Waals surface area contributed by atoms with Crippen LogP contribution in [0, 0.1) is 0 Å². The number of nitrogens with zero attached hydrogens (tertiary/aromatic N) is 2. The number of likely N-dealkylation sites (N-methyl/N-ethyl adjacent to an activating group) is 1. The molecule has 2 N–H and O–H groups in total. The van der Waals surface area contributed by atoms with Gasteiger partial charge in [0.2, 0.25) is 11.8 Å². The summed E-state index contributed by atoms with van der Waals surface area (Å²) in [5.41, 5.74) is 0.529. The van der Waals surface area contributed by atoms with E-state index < -0.39 is 6.04 Å². The number of aromatic nitrogens is 2. The molecule has 0 saturated heterocycles. The van der Waals surface area contributed by atoms with Crippen molar-refractivity contribution in [3.63, 3.8) is 0 Å². The second kappa shape index (κ2) is 10.1. The number of unbranched alkanes of at least 4 members (excludes halogenated alkanes) is 1. The Morgan fingerprint density at radius 3 is 2.70 bits per heavy atom. The Morgan fingerprint density at radius 2 is 2.00 bits per heavy atom. The van der Waals surface area contributed by atoms with Crippen molar-refractivity contribution in [1.82, 2.24) is 20.2 Å². The fourth-order valence-corrected chi connectivity index (χ4v) is 3.41. The SMILES string of the molecule is CCCCn1c(SCC(=O)N[C@H](C)C(=O)NCC)nc2ccccc2c1=O. The Kier molecular flexibility index (Phi) is 7.84. The molecule has 0 aliphatic heterocycles. The lowest BCUT2D eigenvalue weighted by Crippen LogP contribution is -2.45. The van der Waals surface area contributed by atoms with Crippen LogP contribution in [0.4, 0.5) is 0 Å². The predicted molar refractivity (Wildman–Crippen MR) is 108 cm³/mol. The van der Waals surface area contributed by atoms with Crippen molar-refractivity contribution in [3.8, 4) is 0 Å². The van der Waals surface area contributed by atoms with E-state index in [2.05, 4.69) is 22.5 Å². The molecule has 0 aliphatic rings. The van der Waals surface area contributed by atoms with Crippen molar-refractivity contribution in [2.75, 3.05) is 12.3 Å². The second-order valence-electron chi connectivity index (χ2n) is 6.19. The third-order valence-electron chi connectivity index (χ3n) is 4.02. The molecule has 2 amide bonds. The number of para-hydroxylation sites is 1. The van der Waals surface area contributed by atoms with Crippen LogP contribution in [0.5, 0.6) is 0 Å². The highest BCUT2D eigenvalue weighted by molar-refractivity contribution is 7.99. The van der Waals surface area contributed by atoms with Crippen molar-refractivity contribution in [1.29, 1.82) is 0 Å². The van der Waals surface area contributed by atoms with Gasteiger partial charge in [0, 0.05) is 13.1 Å². The number of amides is 2. The summed E-state index contributed by atoms with van der Waals surface area (Å²) in [6, 6.07) is 6.61. The van der Waals surface area contributed by atoms with Crippen LogP contribution in [0.1, 0.15) is 33.6 Å². The number of carbonyl (C=O) groups excluding carboxylic acids is 2. The molecule has 1 atom stereocenters. The summed E-state index contributed by atoms with van der Waals surface area (Å²) in [5.74, 6) is -0.413. The summed E-state index contributed by atoms with van der Waals surface area (Å²) < 4.78 is 1.64. The van der Waals surface area contributed by atoms with Gasteiger partial charge in [-0.3, -0.25) is 19.0 Å². The quantitative estimate of drug-likeness (QED) is 0.504. The van der Waals surface area contributed by atoms with Gasteiger partial charge in [-0.15, -0.1) is 0 Å². The van der Waals surface area contributed by atoms with Gasteiger partial charge in [-0.25, -0.2) is 4.98 Å². The number of rotatable bonds is 9. The van der Waals surface area contributed by atoms with Gasteiger partial charge in [-0.2, -0.15) is 0 Å². The third kappa shape index (κ3) is 5.56. The third-order valence-corrected chi connectivity index (χ3v) is 4.99. The molecule has 0 spiro atoms. The Morgan fingerprint density at radius 1 is 1.26 bits per heavy atom. The van der Waals surface area contributed by atoms with E-state index in [9.17, 15) is 14.4 Å². The van der Waals surface area contributed by atoms with E-state index in [1.54, 1.807) is 23.6 Å². The zero-order valence-corrected chi connectivity index (χ0v) is 16.8. The number of hydrogen-bond donors (Lipinski definition) is 2. The van der Waals surface area contributed by atoms with E-state index in [0.29, 0.717) is 29.1 Å². The first-order valence-electron chi connectivity index (χ1n) is 9.17. The van der Waals surface area contributed by atoms with Gasteiger partial charge >= 0.3 is 0 Å². The Balaban J connectivity index is 2.16. The molecule has 1 aromatic carbocycles. The molecule has 0 bridgehead atoms. The average Bonchev–Trinajstić information content (AvgIpc) is 2.66. The van der Waals surface area contributed by atoms with Gasteiger partial charge in [-0.1, -0.05) is 37.2 Å². The lowest BCUT2D eigenvalue weighted by Gasteiger charge is -2.15. The number of thioether (sulfide) groups is 1. The fourth-order valence-electron chi connectivity index (χ4n) is 2.58. The molecule has 27 heavy (non-hydrogen) atoms. The first kappa shape index (κ1) is 21.0. The highest BCUT2D eigenvalue weighted by Crippen LogP contribution is 2.18. The van der Waals surface area contributed by atoms with Crippen molar-refractivity contribution in [2.24, 2.45) is 0 Å². The van der Waals surface area contributed by atoms with E-state index in [1.807, 2.05) is 19.1 Å². The average molecular weight is 391 g/mol. The molecule has 8 heteroatoms. The van der Waals surface area contributed by atoms with Crippen LogP contribution in [0.3, 0.4) is 0 Å². The maximum Gasteiger partial charge on any atom is 0.262 e. The summed E-state index contributed by atoms with van der Waals surface area (Å²) in [6.45, 7) is 6.59. The van der Waals surface area contributed by atoms with Crippen LogP contribution in [-0.2, 0) is 16.1 Å². The van der Waals surface area contributed by atoms with Crippen LogP contribution in [-0.4, -0.2) is 39.7 Å². The lowest BCUT2D eigenvalue weighted by atomic mass is 10.2. The first-order valence-corrected chi connectivity index (χ1v) is 10.2.